The van der Waals surface area contributed by atoms with Crippen molar-refractivity contribution in [1.29, 1.82) is 0 Å². The molecule has 23 heavy (non-hydrogen) atoms. The minimum Gasteiger partial charge on any atom is -0.394 e. The van der Waals surface area contributed by atoms with Gasteiger partial charge in [0.2, 0.25) is 13.1 Å². The predicted octanol–water partition coefficient (Wildman–Crippen LogP) is -2.79. The fourth-order valence-corrected chi connectivity index (χ4v) is 1.60. The molecule has 0 saturated carbocycles. The Morgan fingerprint density at radius 1 is 0.739 bits per heavy atom. The fourth-order valence-electron chi connectivity index (χ4n) is 1.60. The minimum absolute atomic E-state index is 0.0165. The Morgan fingerprint density at radius 2 is 1.04 bits per heavy atom. The molecule has 0 bridgehead atoms. The average Bonchev–Trinajstić information content (AvgIpc) is 2.43. The zero-order valence-electron chi connectivity index (χ0n) is 11.6. The first-order chi connectivity index (χ1) is 10.6. The Kier molecular flexibility index (Phi) is 7.47. The van der Waals surface area contributed by atoms with E-state index < -0.39 is 65.0 Å². The van der Waals surface area contributed by atoms with Crippen LogP contribution in [-0.4, -0.2) is 85.2 Å². The molecule has 0 heterocycles. The van der Waals surface area contributed by atoms with Crippen LogP contribution in [0.15, 0.2) is 0 Å². The molecule has 16 nitrogen and oxygen atoms in total. The second-order valence-corrected chi connectivity index (χ2v) is 4.20. The molecule has 0 fully saturated rings. The van der Waals surface area contributed by atoms with Gasteiger partial charge >= 0.3 is 5.66 Å². The molecular weight excluding hydrogens is 328 g/mol. The molecule has 2 N–H and O–H groups in total. The van der Waals surface area contributed by atoms with Crippen LogP contribution in [0.5, 0.6) is 0 Å². The lowest BCUT2D eigenvalue weighted by molar-refractivity contribution is -0.820. The van der Waals surface area contributed by atoms with Crippen LogP contribution in [0.2, 0.25) is 0 Å². The molecule has 0 amide bonds. The Labute approximate surface area is 127 Å². The van der Waals surface area contributed by atoms with E-state index in [-0.39, 0.29) is 10.0 Å². The van der Waals surface area contributed by atoms with Gasteiger partial charge in [-0.3, -0.25) is 20.2 Å². The van der Waals surface area contributed by atoms with E-state index in [0.717, 1.165) is 0 Å². The normalized spacial score (nSPS) is 10.9. The molecule has 0 spiro atoms. The van der Waals surface area contributed by atoms with E-state index in [4.69, 9.17) is 10.2 Å². The molecule has 0 rings (SSSR count). The molecule has 16 heteroatoms. The van der Waals surface area contributed by atoms with Gasteiger partial charge in [-0.25, -0.2) is 20.2 Å². The number of hydrogen-bond donors (Lipinski definition) is 2. The number of hydrazine groups is 2. The molecule has 132 valence electrons. The zero-order chi connectivity index (χ0) is 18.2. The molecule has 0 unspecified atom stereocenters. The molecule has 0 atom stereocenters. The van der Waals surface area contributed by atoms with Crippen molar-refractivity contribution >= 4 is 0 Å². The highest BCUT2D eigenvalue weighted by Crippen LogP contribution is 2.16. The quantitative estimate of drug-likeness (QED) is 0.209. The van der Waals surface area contributed by atoms with Crippen LogP contribution < -0.4 is 0 Å². The van der Waals surface area contributed by atoms with Crippen LogP contribution in [0.25, 0.3) is 0 Å². The minimum atomic E-state index is -3.30. The highest BCUT2D eigenvalue weighted by molar-refractivity contribution is 4.73. The summed E-state index contributed by atoms with van der Waals surface area (Å²) in [6, 6.07) is 0. The summed E-state index contributed by atoms with van der Waals surface area (Å²) in [5, 5.41) is 58.7. The predicted molar refractivity (Wildman–Crippen MR) is 68.0 cm³/mol. The fraction of sp³-hybridized carbons (Fsp3) is 1.00. The van der Waals surface area contributed by atoms with Crippen molar-refractivity contribution in [1.82, 2.24) is 10.0 Å². The molecule has 0 aliphatic rings. The van der Waals surface area contributed by atoms with Gasteiger partial charge in [-0.2, -0.15) is 0 Å². The van der Waals surface area contributed by atoms with Gasteiger partial charge in [0.1, 0.15) is 22.9 Å². The van der Waals surface area contributed by atoms with Crippen LogP contribution in [0.3, 0.4) is 0 Å². The third kappa shape index (κ3) is 5.11. The second kappa shape index (κ2) is 8.54. The van der Waals surface area contributed by atoms with E-state index in [1.165, 1.54) is 0 Å². The highest BCUT2D eigenvalue weighted by Gasteiger charge is 2.62. The Morgan fingerprint density at radius 3 is 1.22 bits per heavy atom. The van der Waals surface area contributed by atoms with Gasteiger partial charge < -0.3 is 10.2 Å². The van der Waals surface area contributed by atoms with Crippen molar-refractivity contribution in [2.24, 2.45) is 0 Å². The second-order valence-electron chi connectivity index (χ2n) is 4.20. The molecule has 0 aliphatic carbocycles. The van der Waals surface area contributed by atoms with Crippen molar-refractivity contribution in [2.45, 2.75) is 5.66 Å². The Balaban J connectivity index is 5.71. The van der Waals surface area contributed by atoms with Crippen LogP contribution in [0.1, 0.15) is 0 Å². The van der Waals surface area contributed by atoms with Gasteiger partial charge in [0.15, 0.2) is 10.1 Å². The maximum Gasteiger partial charge on any atom is 0.503 e. The van der Waals surface area contributed by atoms with E-state index in [2.05, 4.69) is 0 Å². The van der Waals surface area contributed by atoms with Gasteiger partial charge in [0, 0.05) is 0 Å². The van der Waals surface area contributed by atoms with Gasteiger partial charge in [0.25, 0.3) is 0 Å². The van der Waals surface area contributed by atoms with Crippen LogP contribution in [0, 0.1) is 40.5 Å². The summed E-state index contributed by atoms with van der Waals surface area (Å²) in [4.78, 5) is 40.8. The molecular formula is C7H14N6O10. The maximum absolute atomic E-state index is 11.1. The van der Waals surface area contributed by atoms with Crippen LogP contribution in [-0.2, 0) is 0 Å². The summed E-state index contributed by atoms with van der Waals surface area (Å²) in [6.07, 6.45) is 0. The molecule has 0 saturated heterocycles. The van der Waals surface area contributed by atoms with E-state index >= 15 is 0 Å². The van der Waals surface area contributed by atoms with E-state index in [0.29, 0.717) is 0 Å². The van der Waals surface area contributed by atoms with Gasteiger partial charge in [-0.05, 0) is 0 Å². The van der Waals surface area contributed by atoms with Crippen LogP contribution >= 0.6 is 0 Å². The smallest absolute Gasteiger partial charge is 0.394 e. The highest BCUT2D eigenvalue weighted by atomic mass is 16.7. The van der Waals surface area contributed by atoms with Crippen LogP contribution in [0.4, 0.5) is 0 Å². The largest absolute Gasteiger partial charge is 0.503 e. The summed E-state index contributed by atoms with van der Waals surface area (Å²) in [7, 11) is 0. The Bertz CT molecular complexity index is 429. The molecule has 0 aliphatic heterocycles. The number of nitrogens with zero attached hydrogens (tertiary/aromatic N) is 6. The lowest BCUT2D eigenvalue weighted by Gasteiger charge is -2.22. The number of hydrogen-bond acceptors (Lipinski definition) is 10. The van der Waals surface area contributed by atoms with Crippen molar-refractivity contribution in [2.75, 3.05) is 39.4 Å². The zero-order valence-corrected chi connectivity index (χ0v) is 11.6. The summed E-state index contributed by atoms with van der Waals surface area (Å²) in [5.74, 6) is 0. The number of aliphatic hydroxyl groups is 2. The monoisotopic (exact) mass is 342 g/mol. The van der Waals surface area contributed by atoms with Crippen molar-refractivity contribution in [3.05, 3.63) is 40.5 Å². The summed E-state index contributed by atoms with van der Waals surface area (Å²) in [6.45, 7) is -5.99. The van der Waals surface area contributed by atoms with Crippen molar-refractivity contribution in [3.8, 4) is 0 Å². The molecule has 0 radical (unpaired) electrons. The lowest BCUT2D eigenvalue weighted by Crippen LogP contribution is -2.62. The summed E-state index contributed by atoms with van der Waals surface area (Å²) < 4.78 is 0. The lowest BCUT2D eigenvalue weighted by atomic mass is 10.1. The van der Waals surface area contributed by atoms with Gasteiger partial charge in [-0.15, -0.1) is 10.0 Å². The van der Waals surface area contributed by atoms with Gasteiger partial charge in [-0.1, -0.05) is 0 Å². The SMILES string of the molecule is O=[N+]([O-])N(CCO)CC(CN(CCO)[N+](=O)[O-])([N+](=O)[O-])[N+](=O)[O-]. The number of aliphatic hydroxyl groups excluding tert-OH is 2. The topological polar surface area (TPSA) is 219 Å². The first-order valence-electron chi connectivity index (χ1n) is 5.91. The third-order valence-corrected chi connectivity index (χ3v) is 2.73. The standard InChI is InChI=1S/C7H14N6O10/c14-3-1-8(12(20)21)5-7(10(16)17,11(18)19)6-9(2-4-15)13(22)23/h14-15H,1-6H2. The first-order valence-corrected chi connectivity index (χ1v) is 5.91. The number of rotatable bonds is 12. The van der Waals surface area contributed by atoms with Crippen molar-refractivity contribution in [3.63, 3.8) is 0 Å². The molecule has 0 aromatic rings. The first kappa shape index (κ1) is 20.1. The molecule has 0 aromatic heterocycles. The maximum atomic E-state index is 11.1. The van der Waals surface area contributed by atoms with E-state index in [1.807, 2.05) is 0 Å². The van der Waals surface area contributed by atoms with E-state index in [1.54, 1.807) is 0 Å². The Hall–Kier alpha value is -2.88. The average molecular weight is 342 g/mol. The number of nitro groups is 4. The van der Waals surface area contributed by atoms with E-state index in [9.17, 15) is 40.5 Å². The third-order valence-electron chi connectivity index (χ3n) is 2.73. The summed E-state index contributed by atoms with van der Waals surface area (Å²) in [5.41, 5.74) is -3.30. The van der Waals surface area contributed by atoms with Gasteiger partial charge in [0.05, 0.1) is 13.2 Å². The summed E-state index contributed by atoms with van der Waals surface area (Å²) >= 11 is 0. The van der Waals surface area contributed by atoms with Crippen molar-refractivity contribution < 1.29 is 30.1 Å². The molecule has 0 aromatic carbocycles.